The lowest BCUT2D eigenvalue weighted by Crippen LogP contribution is -2.06. The summed E-state index contributed by atoms with van der Waals surface area (Å²) in [6, 6.07) is 11.6. The van der Waals surface area contributed by atoms with E-state index in [1.165, 1.54) is 63.9 Å². The zero-order valence-corrected chi connectivity index (χ0v) is 20.1. The minimum atomic E-state index is -4.56. The molecule has 0 fully saturated rings. The summed E-state index contributed by atoms with van der Waals surface area (Å²) in [7, 11) is -4.56. The summed E-state index contributed by atoms with van der Waals surface area (Å²) in [5.74, 6) is -0.162. The van der Waals surface area contributed by atoms with Gasteiger partial charge in [-0.2, -0.15) is 8.42 Å². The van der Waals surface area contributed by atoms with Gasteiger partial charge < -0.3 is 9.84 Å². The van der Waals surface area contributed by atoms with Crippen LogP contribution in [0.25, 0.3) is 0 Å². The number of benzene rings is 2. The lowest BCUT2D eigenvalue weighted by Gasteiger charge is -2.15. The summed E-state index contributed by atoms with van der Waals surface area (Å²) in [5, 5.41) is 10.2. The first-order valence-electron chi connectivity index (χ1n) is 12.0. The Hall–Kier alpha value is -2.05. The largest absolute Gasteiger partial charge is 0.504 e. The molecule has 0 aromatic heterocycles. The standard InChI is InChI=1S/C26H38O5S/c1-2-3-4-5-6-7-8-9-10-11-12-14-17-22-20-21-24(27)25(26(22)32(28,29)30)31-23-18-15-13-16-19-23/h13,15-16,18-21,27H,2-12,14,17H2,1H3,(H,28,29,30). The van der Waals surface area contributed by atoms with E-state index in [4.69, 9.17) is 4.74 Å². The molecule has 0 spiro atoms. The van der Waals surface area contributed by atoms with Crippen LogP contribution in [0.3, 0.4) is 0 Å². The van der Waals surface area contributed by atoms with Gasteiger partial charge in [0.05, 0.1) is 0 Å². The number of rotatable bonds is 16. The molecule has 0 radical (unpaired) electrons. The van der Waals surface area contributed by atoms with E-state index in [0.29, 0.717) is 17.7 Å². The zero-order chi connectivity index (χ0) is 23.2. The Kier molecular flexibility index (Phi) is 11.6. The number of hydrogen-bond donors (Lipinski definition) is 2. The van der Waals surface area contributed by atoms with E-state index in [1.807, 2.05) is 0 Å². The van der Waals surface area contributed by atoms with Crippen molar-refractivity contribution in [2.75, 3.05) is 0 Å². The molecular weight excluding hydrogens is 424 g/mol. The summed E-state index contributed by atoms with van der Waals surface area (Å²) in [5.41, 5.74) is 0.461. The number of unbranched alkanes of at least 4 members (excludes halogenated alkanes) is 11. The predicted octanol–water partition coefficient (Wildman–Crippen LogP) is 7.67. The van der Waals surface area contributed by atoms with Crippen molar-refractivity contribution in [3.05, 3.63) is 48.0 Å². The maximum absolute atomic E-state index is 12.1. The van der Waals surface area contributed by atoms with Gasteiger partial charge in [-0.05, 0) is 36.6 Å². The topological polar surface area (TPSA) is 83.8 Å². The third kappa shape index (κ3) is 9.21. The molecule has 0 unspecified atom stereocenters. The number of aromatic hydroxyl groups is 1. The first kappa shape index (κ1) is 26.2. The van der Waals surface area contributed by atoms with Crippen molar-refractivity contribution in [3.8, 4) is 17.2 Å². The van der Waals surface area contributed by atoms with Crippen LogP contribution in [0.15, 0.2) is 47.4 Å². The third-order valence-corrected chi connectivity index (χ3v) is 6.66. The molecule has 0 aliphatic rings. The molecule has 178 valence electrons. The molecule has 32 heavy (non-hydrogen) atoms. The molecule has 2 rings (SSSR count). The van der Waals surface area contributed by atoms with Gasteiger partial charge in [-0.1, -0.05) is 102 Å². The highest BCUT2D eigenvalue weighted by molar-refractivity contribution is 7.86. The number of hydrogen-bond acceptors (Lipinski definition) is 4. The quantitative estimate of drug-likeness (QED) is 0.197. The van der Waals surface area contributed by atoms with E-state index in [0.717, 1.165) is 19.3 Å². The van der Waals surface area contributed by atoms with E-state index >= 15 is 0 Å². The SMILES string of the molecule is CCCCCCCCCCCCCCc1ccc(O)c(Oc2ccccc2)c1S(=O)(=O)O. The number of aryl methyl sites for hydroxylation is 1. The highest BCUT2D eigenvalue weighted by atomic mass is 32.2. The average molecular weight is 463 g/mol. The van der Waals surface area contributed by atoms with E-state index in [9.17, 15) is 18.1 Å². The first-order chi connectivity index (χ1) is 15.4. The Bertz CT molecular complexity index is 894. The third-order valence-electron chi connectivity index (χ3n) is 5.69. The van der Waals surface area contributed by atoms with E-state index in [-0.39, 0.29) is 16.4 Å². The van der Waals surface area contributed by atoms with Crippen LogP contribution in [0, 0.1) is 0 Å². The van der Waals surface area contributed by atoms with Gasteiger partial charge in [-0.15, -0.1) is 0 Å². The van der Waals surface area contributed by atoms with Crippen LogP contribution in [0.4, 0.5) is 0 Å². The minimum absolute atomic E-state index is 0.227. The van der Waals surface area contributed by atoms with Crippen LogP contribution in [0.2, 0.25) is 0 Å². The maximum atomic E-state index is 12.1. The monoisotopic (exact) mass is 462 g/mol. The fourth-order valence-electron chi connectivity index (χ4n) is 3.93. The molecule has 2 N–H and O–H groups in total. The Morgan fingerprint density at radius 2 is 1.28 bits per heavy atom. The molecule has 0 saturated heterocycles. The van der Waals surface area contributed by atoms with Crippen LogP contribution in [-0.4, -0.2) is 18.1 Å². The summed E-state index contributed by atoms with van der Waals surface area (Å²) in [6.45, 7) is 2.24. The van der Waals surface area contributed by atoms with Crippen LogP contribution in [-0.2, 0) is 16.5 Å². The molecule has 5 nitrogen and oxygen atoms in total. The zero-order valence-electron chi connectivity index (χ0n) is 19.3. The molecule has 2 aromatic rings. The summed E-state index contributed by atoms with van der Waals surface area (Å²) in [6.07, 6.45) is 15.2. The molecular formula is C26H38O5S. The molecule has 2 aromatic carbocycles. The van der Waals surface area contributed by atoms with Crippen LogP contribution in [0.5, 0.6) is 17.2 Å². The number of ether oxygens (including phenoxy) is 1. The van der Waals surface area contributed by atoms with Gasteiger partial charge in [0, 0.05) is 0 Å². The van der Waals surface area contributed by atoms with Gasteiger partial charge in [0.25, 0.3) is 10.1 Å². The van der Waals surface area contributed by atoms with E-state index < -0.39 is 10.1 Å². The van der Waals surface area contributed by atoms with Crippen molar-refractivity contribution >= 4 is 10.1 Å². The molecule has 6 heteroatoms. The minimum Gasteiger partial charge on any atom is -0.504 e. The Labute approximate surface area is 193 Å². The smallest absolute Gasteiger partial charge is 0.298 e. The van der Waals surface area contributed by atoms with Crippen molar-refractivity contribution in [1.82, 2.24) is 0 Å². The highest BCUT2D eigenvalue weighted by Crippen LogP contribution is 2.39. The van der Waals surface area contributed by atoms with Crippen molar-refractivity contribution in [2.24, 2.45) is 0 Å². The van der Waals surface area contributed by atoms with E-state index in [1.54, 1.807) is 36.4 Å². The Morgan fingerprint density at radius 3 is 1.81 bits per heavy atom. The van der Waals surface area contributed by atoms with Crippen molar-refractivity contribution in [3.63, 3.8) is 0 Å². The first-order valence-corrected chi connectivity index (χ1v) is 13.4. The molecule has 0 bridgehead atoms. The van der Waals surface area contributed by atoms with Crippen molar-refractivity contribution < 1.29 is 22.8 Å². The molecule has 0 aliphatic carbocycles. The summed E-state index contributed by atoms with van der Waals surface area (Å²) >= 11 is 0. The van der Waals surface area contributed by atoms with Crippen LogP contribution < -0.4 is 4.74 Å². The predicted molar refractivity (Wildman–Crippen MR) is 129 cm³/mol. The fraction of sp³-hybridized carbons (Fsp3) is 0.538. The summed E-state index contributed by atoms with van der Waals surface area (Å²) < 4.78 is 39.7. The second kappa shape index (κ2) is 14.2. The second-order valence-corrected chi connectivity index (χ2v) is 9.79. The number of para-hydroxylation sites is 1. The van der Waals surface area contributed by atoms with Gasteiger partial charge >= 0.3 is 0 Å². The van der Waals surface area contributed by atoms with Crippen molar-refractivity contribution in [2.45, 2.75) is 95.3 Å². The second-order valence-electron chi connectivity index (χ2n) is 8.43. The highest BCUT2D eigenvalue weighted by Gasteiger charge is 2.25. The number of phenols is 1. The maximum Gasteiger partial charge on any atom is 0.298 e. The number of phenolic OH excluding ortho intramolecular Hbond substituents is 1. The Balaban J connectivity index is 1.84. The van der Waals surface area contributed by atoms with Crippen LogP contribution in [0.1, 0.15) is 89.5 Å². The van der Waals surface area contributed by atoms with Crippen LogP contribution >= 0.6 is 0 Å². The lowest BCUT2D eigenvalue weighted by atomic mass is 10.0. The normalized spacial score (nSPS) is 11.6. The van der Waals surface area contributed by atoms with Gasteiger partial charge in [0.15, 0.2) is 11.5 Å². The lowest BCUT2D eigenvalue weighted by molar-refractivity contribution is 0.395. The summed E-state index contributed by atoms with van der Waals surface area (Å²) in [4.78, 5) is -0.343. The fourth-order valence-corrected chi connectivity index (χ4v) is 4.82. The van der Waals surface area contributed by atoms with Gasteiger partial charge in [0.2, 0.25) is 0 Å². The van der Waals surface area contributed by atoms with Gasteiger partial charge in [-0.3, -0.25) is 4.55 Å². The molecule has 0 amide bonds. The van der Waals surface area contributed by atoms with Gasteiger partial charge in [-0.25, -0.2) is 0 Å². The van der Waals surface area contributed by atoms with E-state index in [2.05, 4.69) is 6.92 Å². The molecule has 0 heterocycles. The average Bonchev–Trinajstić information content (AvgIpc) is 2.76. The van der Waals surface area contributed by atoms with Crippen molar-refractivity contribution in [1.29, 1.82) is 0 Å². The Morgan fingerprint density at radius 1 is 0.750 bits per heavy atom. The molecule has 0 aliphatic heterocycles. The molecule has 0 atom stereocenters. The molecule has 0 saturated carbocycles. The van der Waals surface area contributed by atoms with Gasteiger partial charge in [0.1, 0.15) is 10.6 Å².